The fourth-order valence-corrected chi connectivity index (χ4v) is 4.33. The molecular weight excluding hydrogens is 390 g/mol. The molecule has 0 aliphatic carbocycles. The third-order valence-corrected chi connectivity index (χ3v) is 5.88. The first-order valence-corrected chi connectivity index (χ1v) is 9.70. The molecule has 3 N–H and O–H groups in total. The zero-order valence-corrected chi connectivity index (χ0v) is 17.5. The van der Waals surface area contributed by atoms with Crippen LogP contribution in [0.1, 0.15) is 47.0 Å². The standard InChI is InChI=1S/C20H22ClN7O/c1-9(19-24-18(23)15-10(2)26-27-20(15)25-19)12-5-14(21)13(6-22)16(17(12)29-4)11-7-28(3)8-11/h5,9,11H,7-8H2,1-4H3,(H3,23,24,25,26,27). The van der Waals surface area contributed by atoms with Gasteiger partial charge in [-0.25, -0.2) is 9.97 Å². The van der Waals surface area contributed by atoms with Gasteiger partial charge in [-0.1, -0.05) is 18.5 Å². The molecule has 1 fully saturated rings. The summed E-state index contributed by atoms with van der Waals surface area (Å²) in [6.45, 7) is 5.53. The smallest absolute Gasteiger partial charge is 0.161 e. The lowest BCUT2D eigenvalue weighted by Gasteiger charge is -2.38. The molecule has 3 heterocycles. The summed E-state index contributed by atoms with van der Waals surface area (Å²) in [5, 5.41) is 17.9. The van der Waals surface area contributed by atoms with Crippen molar-refractivity contribution in [2.24, 2.45) is 0 Å². The predicted molar refractivity (Wildman–Crippen MR) is 111 cm³/mol. The van der Waals surface area contributed by atoms with Crippen LogP contribution < -0.4 is 10.5 Å². The summed E-state index contributed by atoms with van der Waals surface area (Å²) in [4.78, 5) is 11.3. The highest BCUT2D eigenvalue weighted by molar-refractivity contribution is 6.32. The van der Waals surface area contributed by atoms with Crippen LogP contribution in [0.15, 0.2) is 6.07 Å². The molecule has 2 aromatic heterocycles. The number of aromatic amines is 1. The van der Waals surface area contributed by atoms with Crippen LogP contribution in [0.5, 0.6) is 5.75 Å². The van der Waals surface area contributed by atoms with E-state index in [9.17, 15) is 5.26 Å². The van der Waals surface area contributed by atoms with Gasteiger partial charge in [0.15, 0.2) is 5.65 Å². The van der Waals surface area contributed by atoms with Crippen LogP contribution in [-0.4, -0.2) is 52.3 Å². The molecule has 8 nitrogen and oxygen atoms in total. The van der Waals surface area contributed by atoms with Crippen LogP contribution in [0.3, 0.4) is 0 Å². The Morgan fingerprint density at radius 1 is 1.41 bits per heavy atom. The number of aromatic nitrogens is 4. The van der Waals surface area contributed by atoms with E-state index >= 15 is 0 Å². The molecule has 1 unspecified atom stereocenters. The topological polar surface area (TPSA) is 117 Å². The van der Waals surface area contributed by atoms with Gasteiger partial charge in [0, 0.05) is 36.1 Å². The van der Waals surface area contributed by atoms with Gasteiger partial charge in [-0.2, -0.15) is 10.4 Å². The molecule has 1 aromatic carbocycles. The number of anilines is 1. The molecular formula is C20H22ClN7O. The highest BCUT2D eigenvalue weighted by atomic mass is 35.5. The number of methoxy groups -OCH3 is 1. The van der Waals surface area contributed by atoms with Crippen molar-refractivity contribution >= 4 is 28.5 Å². The number of likely N-dealkylation sites (tertiary alicyclic amines) is 1. The van der Waals surface area contributed by atoms with Crippen molar-refractivity contribution < 1.29 is 4.74 Å². The molecule has 4 rings (SSSR count). The number of hydrogen-bond acceptors (Lipinski definition) is 7. The Bertz CT molecular complexity index is 1140. The second kappa shape index (κ2) is 7.17. The first-order chi connectivity index (χ1) is 13.8. The number of nitrogen functional groups attached to an aromatic ring is 1. The van der Waals surface area contributed by atoms with Crippen LogP contribution in [0.4, 0.5) is 5.82 Å². The summed E-state index contributed by atoms with van der Waals surface area (Å²) in [5.41, 5.74) is 9.68. The Balaban J connectivity index is 1.87. The minimum Gasteiger partial charge on any atom is -0.496 e. The minimum absolute atomic E-state index is 0.193. The number of aryl methyl sites for hydroxylation is 1. The van der Waals surface area contributed by atoms with E-state index in [0.717, 1.165) is 35.3 Å². The number of rotatable bonds is 4. The number of hydrogen-bond donors (Lipinski definition) is 2. The highest BCUT2D eigenvalue weighted by Gasteiger charge is 2.34. The van der Waals surface area contributed by atoms with Gasteiger partial charge in [0.2, 0.25) is 0 Å². The number of nitrogens with one attached hydrogen (secondary N) is 1. The summed E-state index contributed by atoms with van der Waals surface area (Å²) in [7, 11) is 3.66. The average Bonchev–Trinajstić information content (AvgIpc) is 3.05. The van der Waals surface area contributed by atoms with Gasteiger partial charge in [0.25, 0.3) is 0 Å². The molecule has 0 amide bonds. The number of ether oxygens (including phenoxy) is 1. The summed E-state index contributed by atoms with van der Waals surface area (Å²) in [5.74, 6) is 1.52. The SMILES string of the molecule is COc1c(C(C)c2nc(N)c3c(C)n[nH]c3n2)cc(Cl)c(C#N)c1C1CN(C)C1. The molecule has 1 aliphatic rings. The Hall–Kier alpha value is -2.89. The third kappa shape index (κ3) is 3.07. The fourth-order valence-electron chi connectivity index (χ4n) is 4.07. The molecule has 29 heavy (non-hydrogen) atoms. The predicted octanol–water partition coefficient (Wildman–Crippen LogP) is 2.96. The number of benzene rings is 1. The second-order valence-electron chi connectivity index (χ2n) is 7.52. The van der Waals surface area contributed by atoms with E-state index in [0.29, 0.717) is 33.6 Å². The number of fused-ring (bicyclic) bond motifs is 1. The van der Waals surface area contributed by atoms with Crippen LogP contribution in [-0.2, 0) is 0 Å². The monoisotopic (exact) mass is 411 g/mol. The summed E-state index contributed by atoms with van der Waals surface area (Å²) < 4.78 is 5.80. The zero-order valence-electron chi connectivity index (χ0n) is 16.7. The van der Waals surface area contributed by atoms with Gasteiger partial charge in [0.05, 0.1) is 28.8 Å². The molecule has 150 valence electrons. The normalized spacial score (nSPS) is 15.9. The maximum atomic E-state index is 9.70. The van der Waals surface area contributed by atoms with E-state index in [1.165, 1.54) is 0 Å². The van der Waals surface area contributed by atoms with E-state index < -0.39 is 0 Å². The zero-order chi connectivity index (χ0) is 20.9. The molecule has 0 radical (unpaired) electrons. The first kappa shape index (κ1) is 19.4. The molecule has 0 bridgehead atoms. The number of nitrogens with zero attached hydrogens (tertiary/aromatic N) is 5. The van der Waals surface area contributed by atoms with E-state index in [1.54, 1.807) is 13.2 Å². The lowest BCUT2D eigenvalue weighted by atomic mass is 9.84. The number of likely N-dealkylation sites (N-methyl/N-ethyl adjacent to an activating group) is 1. The van der Waals surface area contributed by atoms with Gasteiger partial charge in [0.1, 0.15) is 23.5 Å². The number of nitrogens with two attached hydrogens (primary N) is 1. The van der Waals surface area contributed by atoms with E-state index in [-0.39, 0.29) is 11.8 Å². The maximum absolute atomic E-state index is 9.70. The van der Waals surface area contributed by atoms with Crippen LogP contribution in [0.25, 0.3) is 11.0 Å². The Labute approximate surface area is 173 Å². The first-order valence-electron chi connectivity index (χ1n) is 9.32. The molecule has 0 spiro atoms. The molecule has 1 atom stereocenters. The van der Waals surface area contributed by atoms with Crippen molar-refractivity contribution in [1.29, 1.82) is 5.26 Å². The van der Waals surface area contributed by atoms with Gasteiger partial charge < -0.3 is 15.4 Å². The summed E-state index contributed by atoms with van der Waals surface area (Å²) >= 11 is 6.51. The Morgan fingerprint density at radius 3 is 2.76 bits per heavy atom. The quantitative estimate of drug-likeness (QED) is 0.677. The fraction of sp³-hybridized carbons (Fsp3) is 0.400. The second-order valence-corrected chi connectivity index (χ2v) is 7.93. The van der Waals surface area contributed by atoms with Crippen molar-refractivity contribution in [3.05, 3.63) is 39.3 Å². The molecule has 0 saturated carbocycles. The average molecular weight is 412 g/mol. The number of H-pyrrole nitrogens is 1. The van der Waals surface area contributed by atoms with Crippen LogP contribution in [0, 0.1) is 18.3 Å². The van der Waals surface area contributed by atoms with Gasteiger partial charge in [-0.3, -0.25) is 5.10 Å². The van der Waals surface area contributed by atoms with Crippen molar-refractivity contribution in [2.75, 3.05) is 33.0 Å². The lowest BCUT2D eigenvalue weighted by Crippen LogP contribution is -2.42. The Morgan fingerprint density at radius 2 is 2.14 bits per heavy atom. The van der Waals surface area contributed by atoms with E-state index in [2.05, 4.69) is 31.1 Å². The van der Waals surface area contributed by atoms with E-state index in [4.69, 9.17) is 22.1 Å². The minimum atomic E-state index is -0.248. The largest absolute Gasteiger partial charge is 0.496 e. The van der Waals surface area contributed by atoms with Gasteiger partial charge in [-0.15, -0.1) is 0 Å². The lowest BCUT2D eigenvalue weighted by molar-refractivity contribution is 0.186. The number of halogens is 1. The molecule has 1 saturated heterocycles. The highest BCUT2D eigenvalue weighted by Crippen LogP contribution is 2.44. The van der Waals surface area contributed by atoms with Crippen molar-refractivity contribution in [3.63, 3.8) is 0 Å². The van der Waals surface area contributed by atoms with Crippen molar-refractivity contribution in [1.82, 2.24) is 25.1 Å². The maximum Gasteiger partial charge on any atom is 0.161 e. The molecule has 1 aliphatic heterocycles. The summed E-state index contributed by atoms with van der Waals surface area (Å²) in [6, 6.07) is 4.02. The number of nitriles is 1. The van der Waals surface area contributed by atoms with E-state index in [1.807, 2.05) is 20.9 Å². The summed E-state index contributed by atoms with van der Waals surface area (Å²) in [6.07, 6.45) is 0. The molecule has 3 aromatic rings. The van der Waals surface area contributed by atoms with Crippen molar-refractivity contribution in [2.45, 2.75) is 25.7 Å². The third-order valence-electron chi connectivity index (χ3n) is 5.58. The Kier molecular flexibility index (Phi) is 4.81. The van der Waals surface area contributed by atoms with Gasteiger partial charge in [-0.05, 0) is 20.0 Å². The van der Waals surface area contributed by atoms with Crippen LogP contribution >= 0.6 is 11.6 Å². The van der Waals surface area contributed by atoms with Crippen molar-refractivity contribution in [3.8, 4) is 11.8 Å². The van der Waals surface area contributed by atoms with Crippen LogP contribution in [0.2, 0.25) is 5.02 Å². The van der Waals surface area contributed by atoms with Gasteiger partial charge >= 0.3 is 0 Å². The molecule has 9 heteroatoms.